The standard InChI is InChI=1S/C24H25NO6S/c1-3-30-19-7-5-17(6-8-19)14-25(18-10-11-32(28,29)15-18)24(27)23-13-21(26)20-9-4-16(2)12-22(20)31-23/h4-9,12-13,18H,3,10-11,14-15H2,1-2H3/t18-/m0/s1. The van der Waals surface area contributed by atoms with E-state index in [9.17, 15) is 18.0 Å². The van der Waals surface area contributed by atoms with Gasteiger partial charge in [-0.2, -0.15) is 0 Å². The summed E-state index contributed by atoms with van der Waals surface area (Å²) >= 11 is 0. The van der Waals surface area contributed by atoms with Gasteiger partial charge in [0.05, 0.1) is 23.5 Å². The molecule has 0 bridgehead atoms. The lowest BCUT2D eigenvalue weighted by Crippen LogP contribution is -2.40. The molecule has 3 aromatic rings. The minimum Gasteiger partial charge on any atom is -0.494 e. The summed E-state index contributed by atoms with van der Waals surface area (Å²) in [5, 5.41) is 0.397. The van der Waals surface area contributed by atoms with Crippen molar-refractivity contribution < 1.29 is 22.4 Å². The highest BCUT2D eigenvalue weighted by atomic mass is 32.2. The second-order valence-electron chi connectivity index (χ2n) is 8.04. The molecule has 2 heterocycles. The molecular weight excluding hydrogens is 430 g/mol. The Hall–Kier alpha value is -3.13. The van der Waals surface area contributed by atoms with Crippen LogP contribution < -0.4 is 10.2 Å². The van der Waals surface area contributed by atoms with E-state index < -0.39 is 21.8 Å². The molecule has 0 unspecified atom stereocenters. The Bertz CT molecular complexity index is 1310. The predicted octanol–water partition coefficient (Wildman–Crippen LogP) is 3.33. The summed E-state index contributed by atoms with van der Waals surface area (Å²) in [6.45, 7) is 4.51. The van der Waals surface area contributed by atoms with Gasteiger partial charge in [-0.3, -0.25) is 9.59 Å². The maximum absolute atomic E-state index is 13.5. The van der Waals surface area contributed by atoms with Gasteiger partial charge in [-0.15, -0.1) is 0 Å². The molecule has 1 atom stereocenters. The molecule has 1 fully saturated rings. The summed E-state index contributed by atoms with van der Waals surface area (Å²) in [7, 11) is -3.22. The van der Waals surface area contributed by atoms with Crippen molar-refractivity contribution in [3.05, 3.63) is 75.6 Å². The molecule has 0 aliphatic carbocycles. The molecule has 0 radical (unpaired) electrons. The van der Waals surface area contributed by atoms with E-state index in [0.29, 0.717) is 29.7 Å². The number of ether oxygens (including phenoxy) is 1. The van der Waals surface area contributed by atoms with Crippen LogP contribution in [0.1, 0.15) is 35.0 Å². The van der Waals surface area contributed by atoms with Crippen molar-refractivity contribution in [3.8, 4) is 5.75 Å². The largest absolute Gasteiger partial charge is 0.494 e. The van der Waals surface area contributed by atoms with E-state index >= 15 is 0 Å². The Kier molecular flexibility index (Phi) is 6.06. The minimum atomic E-state index is -3.22. The Morgan fingerprint density at radius 1 is 1.16 bits per heavy atom. The first kappa shape index (κ1) is 22.1. The number of fused-ring (bicyclic) bond motifs is 1. The molecule has 7 nitrogen and oxygen atoms in total. The number of amides is 1. The summed E-state index contributed by atoms with van der Waals surface area (Å²) < 4.78 is 35.5. The van der Waals surface area contributed by atoms with Crippen molar-refractivity contribution in [2.75, 3.05) is 18.1 Å². The predicted molar refractivity (Wildman–Crippen MR) is 122 cm³/mol. The number of aryl methyl sites for hydroxylation is 1. The van der Waals surface area contributed by atoms with Gasteiger partial charge in [-0.05, 0) is 55.7 Å². The first-order valence-corrected chi connectivity index (χ1v) is 12.4. The average molecular weight is 456 g/mol. The fourth-order valence-electron chi connectivity index (χ4n) is 3.95. The topological polar surface area (TPSA) is 93.9 Å². The van der Waals surface area contributed by atoms with Gasteiger partial charge in [0.2, 0.25) is 0 Å². The van der Waals surface area contributed by atoms with Gasteiger partial charge in [0.25, 0.3) is 5.91 Å². The third-order valence-corrected chi connectivity index (χ3v) is 7.34. The number of hydrogen-bond donors (Lipinski definition) is 0. The molecule has 1 aliphatic rings. The van der Waals surface area contributed by atoms with Crippen molar-refractivity contribution in [3.63, 3.8) is 0 Å². The van der Waals surface area contributed by atoms with E-state index in [4.69, 9.17) is 9.15 Å². The van der Waals surface area contributed by atoms with Gasteiger partial charge in [0.15, 0.2) is 21.0 Å². The number of hydrogen-bond acceptors (Lipinski definition) is 6. The third-order valence-electron chi connectivity index (χ3n) is 5.59. The smallest absolute Gasteiger partial charge is 0.290 e. The van der Waals surface area contributed by atoms with Crippen molar-refractivity contribution in [2.24, 2.45) is 0 Å². The second kappa shape index (κ2) is 8.78. The van der Waals surface area contributed by atoms with Crippen LogP contribution in [0.25, 0.3) is 11.0 Å². The zero-order valence-corrected chi connectivity index (χ0v) is 18.9. The number of rotatable bonds is 6. The first-order valence-electron chi connectivity index (χ1n) is 10.5. The van der Waals surface area contributed by atoms with Gasteiger partial charge < -0.3 is 14.1 Å². The number of sulfone groups is 1. The van der Waals surface area contributed by atoms with Crippen LogP contribution in [0.3, 0.4) is 0 Å². The van der Waals surface area contributed by atoms with E-state index in [0.717, 1.165) is 11.1 Å². The number of carbonyl (C=O) groups is 1. The molecule has 0 saturated carbocycles. The number of carbonyl (C=O) groups excluding carboxylic acids is 1. The van der Waals surface area contributed by atoms with E-state index in [1.165, 1.54) is 11.0 Å². The zero-order chi connectivity index (χ0) is 22.9. The molecule has 1 saturated heterocycles. The van der Waals surface area contributed by atoms with Gasteiger partial charge in [-0.1, -0.05) is 18.2 Å². The van der Waals surface area contributed by atoms with E-state index in [-0.39, 0.29) is 29.2 Å². The maximum atomic E-state index is 13.5. The highest BCUT2D eigenvalue weighted by molar-refractivity contribution is 7.91. The lowest BCUT2D eigenvalue weighted by molar-refractivity contribution is 0.0648. The molecule has 8 heteroatoms. The van der Waals surface area contributed by atoms with Crippen LogP contribution in [0.2, 0.25) is 0 Å². The molecule has 1 aliphatic heterocycles. The lowest BCUT2D eigenvalue weighted by Gasteiger charge is -2.28. The summed E-state index contributed by atoms with van der Waals surface area (Å²) in [5.41, 5.74) is 1.75. The van der Waals surface area contributed by atoms with Gasteiger partial charge in [0.1, 0.15) is 11.3 Å². The van der Waals surface area contributed by atoms with E-state index in [2.05, 4.69) is 0 Å². The van der Waals surface area contributed by atoms with Gasteiger partial charge in [0, 0.05) is 18.7 Å². The summed E-state index contributed by atoms with van der Waals surface area (Å²) in [4.78, 5) is 27.6. The zero-order valence-electron chi connectivity index (χ0n) is 18.0. The quantitative estimate of drug-likeness (QED) is 0.566. The maximum Gasteiger partial charge on any atom is 0.290 e. The van der Waals surface area contributed by atoms with Crippen LogP contribution in [0.5, 0.6) is 5.75 Å². The minimum absolute atomic E-state index is 0.0333. The first-order chi connectivity index (χ1) is 15.3. The van der Waals surface area contributed by atoms with Gasteiger partial charge in [-0.25, -0.2) is 8.42 Å². The van der Waals surface area contributed by atoms with Crippen LogP contribution in [-0.2, 0) is 16.4 Å². The van der Waals surface area contributed by atoms with Crippen molar-refractivity contribution >= 4 is 26.7 Å². The summed E-state index contributed by atoms with van der Waals surface area (Å²) in [6, 6.07) is 13.2. The monoisotopic (exact) mass is 455 g/mol. The van der Waals surface area contributed by atoms with E-state index in [1.807, 2.05) is 44.2 Å². The lowest BCUT2D eigenvalue weighted by atomic mass is 10.1. The van der Waals surface area contributed by atoms with Crippen LogP contribution in [0, 0.1) is 6.92 Å². The normalized spacial score (nSPS) is 17.4. The Labute approximate surface area is 186 Å². The van der Waals surface area contributed by atoms with Gasteiger partial charge >= 0.3 is 0 Å². The molecule has 1 aromatic heterocycles. The fourth-order valence-corrected chi connectivity index (χ4v) is 5.68. The number of benzene rings is 2. The summed E-state index contributed by atoms with van der Waals surface area (Å²) in [6.07, 6.45) is 0.349. The molecule has 0 spiro atoms. The van der Waals surface area contributed by atoms with Crippen LogP contribution >= 0.6 is 0 Å². The highest BCUT2D eigenvalue weighted by Crippen LogP contribution is 2.24. The SMILES string of the molecule is CCOc1ccc(CN(C(=O)c2cc(=O)c3ccc(C)cc3o2)[C@H]2CCS(=O)(=O)C2)cc1. The summed E-state index contributed by atoms with van der Waals surface area (Å²) in [5.74, 6) is 0.0523. The Morgan fingerprint density at radius 3 is 2.56 bits per heavy atom. The van der Waals surface area contributed by atoms with Crippen molar-refractivity contribution in [1.29, 1.82) is 0 Å². The van der Waals surface area contributed by atoms with E-state index in [1.54, 1.807) is 12.1 Å². The Balaban J connectivity index is 1.70. The molecule has 168 valence electrons. The average Bonchev–Trinajstić information content (AvgIpc) is 3.12. The van der Waals surface area contributed by atoms with Crippen molar-refractivity contribution in [2.45, 2.75) is 32.9 Å². The molecule has 1 amide bonds. The molecule has 32 heavy (non-hydrogen) atoms. The number of nitrogens with zero attached hydrogens (tertiary/aromatic N) is 1. The fraction of sp³-hybridized carbons (Fsp3) is 0.333. The third kappa shape index (κ3) is 4.70. The second-order valence-corrected chi connectivity index (χ2v) is 10.3. The molecule has 0 N–H and O–H groups in total. The molecular formula is C24H25NO6S. The molecule has 2 aromatic carbocycles. The highest BCUT2D eigenvalue weighted by Gasteiger charge is 2.36. The molecule has 4 rings (SSSR count). The van der Waals surface area contributed by atoms with Crippen LogP contribution in [0.15, 0.2) is 57.7 Å². The van der Waals surface area contributed by atoms with Crippen molar-refractivity contribution in [1.82, 2.24) is 4.90 Å². The van der Waals surface area contributed by atoms with Crippen LogP contribution in [-0.4, -0.2) is 43.4 Å². The Morgan fingerprint density at radius 2 is 1.91 bits per heavy atom. The van der Waals surface area contributed by atoms with Crippen LogP contribution in [0.4, 0.5) is 0 Å².